The van der Waals surface area contributed by atoms with Gasteiger partial charge < -0.3 is 14.6 Å². The number of aromatic amines is 1. The number of H-pyrrole nitrogens is 1. The van der Waals surface area contributed by atoms with E-state index in [-0.39, 0.29) is 13.0 Å². The van der Waals surface area contributed by atoms with Gasteiger partial charge >= 0.3 is 5.69 Å². The Balaban J connectivity index is 1.50. The monoisotopic (exact) mass is 484 g/mol. The Morgan fingerprint density at radius 1 is 0.917 bits per heavy atom. The molecule has 0 unspecified atom stereocenters. The van der Waals surface area contributed by atoms with E-state index in [1.54, 1.807) is 6.92 Å². The fourth-order valence-corrected chi connectivity index (χ4v) is 4.81. The summed E-state index contributed by atoms with van der Waals surface area (Å²) in [7, 11) is 0. The number of rotatable bonds is 7. The molecule has 0 amide bonds. The normalized spacial score (nSPS) is 19.9. The van der Waals surface area contributed by atoms with Crippen LogP contribution in [0.4, 0.5) is 0 Å². The highest BCUT2D eigenvalue weighted by Gasteiger charge is 2.41. The minimum absolute atomic E-state index is 0.0768. The highest BCUT2D eigenvalue weighted by atomic mass is 16.6. The summed E-state index contributed by atoms with van der Waals surface area (Å²) in [5.74, 6) is 0. The molecule has 0 saturated carbocycles. The minimum atomic E-state index is -0.948. The standard InChI is InChI=1S/C29H28N2O5/c1-20-18-31(28(34)30-27(20)33)26-17-24(32)25(36-26)19-35-29(21-11-5-2-6-12-21,22-13-7-3-8-14-22)23-15-9-4-10-16-23/h2-16,18,24-26,32H,17,19H2,1H3,(H,30,33,34)/t24-,25-,26-/m1/s1. The predicted molar refractivity (Wildman–Crippen MR) is 136 cm³/mol. The van der Waals surface area contributed by atoms with E-state index < -0.39 is 35.3 Å². The topological polar surface area (TPSA) is 93.6 Å². The number of benzene rings is 3. The summed E-state index contributed by atoms with van der Waals surface area (Å²) in [5.41, 5.74) is 1.26. The molecule has 7 heteroatoms. The number of ether oxygens (including phenoxy) is 2. The van der Waals surface area contributed by atoms with E-state index in [4.69, 9.17) is 9.47 Å². The first-order valence-electron chi connectivity index (χ1n) is 11.9. The van der Waals surface area contributed by atoms with Crippen molar-refractivity contribution < 1.29 is 14.6 Å². The minimum Gasteiger partial charge on any atom is -0.390 e. The first-order valence-corrected chi connectivity index (χ1v) is 11.9. The van der Waals surface area contributed by atoms with Gasteiger partial charge in [0.1, 0.15) is 17.9 Å². The van der Waals surface area contributed by atoms with Crippen LogP contribution >= 0.6 is 0 Å². The lowest BCUT2D eigenvalue weighted by Crippen LogP contribution is -2.38. The Hall–Kier alpha value is -3.78. The number of aromatic nitrogens is 2. The third-order valence-corrected chi connectivity index (χ3v) is 6.67. The Kier molecular flexibility index (Phi) is 6.69. The SMILES string of the molecule is Cc1cn([C@H]2C[C@@H](O)[C@@H](COC(c3ccccc3)(c3ccccc3)c3ccccc3)O2)c(=O)[nH]c1=O. The van der Waals surface area contributed by atoms with Crippen molar-refractivity contribution in [2.24, 2.45) is 0 Å². The average Bonchev–Trinajstić information content (AvgIpc) is 3.28. The molecule has 1 fully saturated rings. The van der Waals surface area contributed by atoms with Crippen molar-refractivity contribution in [2.75, 3.05) is 6.61 Å². The third-order valence-electron chi connectivity index (χ3n) is 6.67. The molecule has 3 aromatic carbocycles. The summed E-state index contributed by atoms with van der Waals surface area (Å²) in [6, 6.07) is 29.9. The van der Waals surface area contributed by atoms with Gasteiger partial charge in [0.15, 0.2) is 0 Å². The van der Waals surface area contributed by atoms with E-state index in [1.807, 2.05) is 91.0 Å². The Labute approximate surface area is 208 Å². The number of hydrogen-bond donors (Lipinski definition) is 2. The van der Waals surface area contributed by atoms with Crippen LogP contribution in [-0.4, -0.2) is 33.5 Å². The van der Waals surface area contributed by atoms with E-state index in [9.17, 15) is 14.7 Å². The maximum atomic E-state index is 12.4. The first-order chi connectivity index (χ1) is 17.5. The van der Waals surface area contributed by atoms with E-state index in [1.165, 1.54) is 10.8 Å². The lowest BCUT2D eigenvalue weighted by atomic mass is 9.80. The zero-order chi connectivity index (χ0) is 25.1. The summed E-state index contributed by atoms with van der Waals surface area (Å²) < 4.78 is 14.2. The molecule has 2 heterocycles. The second-order valence-electron chi connectivity index (χ2n) is 9.00. The van der Waals surface area contributed by atoms with Crippen molar-refractivity contribution in [2.45, 2.75) is 37.4 Å². The first kappa shape index (κ1) is 23.9. The van der Waals surface area contributed by atoms with Crippen LogP contribution in [0, 0.1) is 6.92 Å². The molecule has 1 aliphatic heterocycles. The van der Waals surface area contributed by atoms with Crippen LogP contribution in [0.1, 0.15) is 34.9 Å². The maximum Gasteiger partial charge on any atom is 0.330 e. The van der Waals surface area contributed by atoms with Gasteiger partial charge in [0.25, 0.3) is 5.56 Å². The van der Waals surface area contributed by atoms with Gasteiger partial charge in [-0.25, -0.2) is 4.79 Å². The molecule has 184 valence electrons. The van der Waals surface area contributed by atoms with E-state index in [0.717, 1.165) is 16.7 Å². The van der Waals surface area contributed by atoms with Gasteiger partial charge in [-0.1, -0.05) is 91.0 Å². The smallest absolute Gasteiger partial charge is 0.330 e. The zero-order valence-corrected chi connectivity index (χ0v) is 19.9. The summed E-state index contributed by atoms with van der Waals surface area (Å²) >= 11 is 0. The van der Waals surface area contributed by atoms with E-state index in [2.05, 4.69) is 4.98 Å². The van der Waals surface area contributed by atoms with Gasteiger partial charge in [0.05, 0.1) is 12.7 Å². The van der Waals surface area contributed by atoms with Crippen molar-refractivity contribution in [1.82, 2.24) is 9.55 Å². The number of aliphatic hydroxyl groups is 1. The van der Waals surface area contributed by atoms with Crippen LogP contribution in [0.15, 0.2) is 107 Å². The van der Waals surface area contributed by atoms with E-state index >= 15 is 0 Å². The summed E-state index contributed by atoms with van der Waals surface area (Å²) in [6.45, 7) is 1.70. The molecule has 5 rings (SSSR count). The molecular weight excluding hydrogens is 456 g/mol. The average molecular weight is 485 g/mol. The van der Waals surface area contributed by atoms with Crippen molar-refractivity contribution in [3.63, 3.8) is 0 Å². The van der Waals surface area contributed by atoms with Gasteiger partial charge in [0, 0.05) is 18.2 Å². The second-order valence-corrected chi connectivity index (χ2v) is 9.00. The number of nitrogens with one attached hydrogen (secondary N) is 1. The van der Waals surface area contributed by atoms with Crippen LogP contribution in [0.3, 0.4) is 0 Å². The molecule has 2 N–H and O–H groups in total. The Morgan fingerprint density at radius 2 is 1.42 bits per heavy atom. The summed E-state index contributed by atoms with van der Waals surface area (Å²) in [4.78, 5) is 26.4. The van der Waals surface area contributed by atoms with Gasteiger partial charge in [-0.3, -0.25) is 14.3 Å². The fourth-order valence-electron chi connectivity index (χ4n) is 4.81. The second kappa shape index (κ2) is 10.1. The maximum absolute atomic E-state index is 12.4. The fraction of sp³-hybridized carbons (Fsp3) is 0.241. The molecule has 0 bridgehead atoms. The molecule has 1 aromatic heterocycles. The summed E-state index contributed by atoms with van der Waals surface area (Å²) in [6.07, 6.45) is -0.576. The van der Waals surface area contributed by atoms with Crippen molar-refractivity contribution >= 4 is 0 Å². The van der Waals surface area contributed by atoms with Gasteiger partial charge in [0.2, 0.25) is 0 Å². The molecule has 36 heavy (non-hydrogen) atoms. The van der Waals surface area contributed by atoms with Crippen molar-refractivity contribution in [1.29, 1.82) is 0 Å². The highest BCUT2D eigenvalue weighted by Crippen LogP contribution is 2.41. The lowest BCUT2D eigenvalue weighted by molar-refractivity contribution is -0.0944. The lowest BCUT2D eigenvalue weighted by Gasteiger charge is -2.37. The number of hydrogen-bond acceptors (Lipinski definition) is 5. The predicted octanol–water partition coefficient (Wildman–Crippen LogP) is 3.50. The molecule has 4 aromatic rings. The Bertz CT molecular complexity index is 1320. The van der Waals surface area contributed by atoms with Gasteiger partial charge in [-0.05, 0) is 23.6 Å². The van der Waals surface area contributed by atoms with E-state index in [0.29, 0.717) is 5.56 Å². The van der Waals surface area contributed by atoms with Crippen LogP contribution in [0.5, 0.6) is 0 Å². The zero-order valence-electron chi connectivity index (χ0n) is 19.9. The highest BCUT2D eigenvalue weighted by molar-refractivity contribution is 5.47. The quantitative estimate of drug-likeness (QED) is 0.392. The molecule has 0 radical (unpaired) electrons. The molecule has 1 aliphatic rings. The van der Waals surface area contributed by atoms with Crippen LogP contribution in [0.25, 0.3) is 0 Å². The third kappa shape index (κ3) is 4.44. The number of nitrogens with zero attached hydrogens (tertiary/aromatic N) is 1. The molecule has 0 aliphatic carbocycles. The molecule has 3 atom stereocenters. The molecule has 1 saturated heterocycles. The van der Waals surface area contributed by atoms with Crippen molar-refractivity contribution in [3.05, 3.63) is 140 Å². The molecule has 7 nitrogen and oxygen atoms in total. The van der Waals surface area contributed by atoms with Crippen LogP contribution in [-0.2, 0) is 15.1 Å². The number of aliphatic hydroxyl groups excluding tert-OH is 1. The largest absolute Gasteiger partial charge is 0.390 e. The Morgan fingerprint density at radius 3 is 1.92 bits per heavy atom. The summed E-state index contributed by atoms with van der Waals surface area (Å²) in [5, 5.41) is 10.9. The van der Waals surface area contributed by atoms with Crippen molar-refractivity contribution in [3.8, 4) is 0 Å². The molecule has 0 spiro atoms. The molecular formula is C29H28N2O5. The van der Waals surface area contributed by atoms with Crippen LogP contribution < -0.4 is 11.2 Å². The van der Waals surface area contributed by atoms with Gasteiger partial charge in [-0.2, -0.15) is 0 Å². The van der Waals surface area contributed by atoms with Crippen LogP contribution in [0.2, 0.25) is 0 Å². The van der Waals surface area contributed by atoms with Gasteiger partial charge in [-0.15, -0.1) is 0 Å². The number of aryl methyl sites for hydroxylation is 1.